The first-order valence-electron chi connectivity index (χ1n) is 6.21. The molecule has 0 spiro atoms. The predicted molar refractivity (Wildman–Crippen MR) is 79.3 cm³/mol. The van der Waals surface area contributed by atoms with Crippen molar-refractivity contribution >= 4 is 5.69 Å². The van der Waals surface area contributed by atoms with E-state index in [2.05, 4.69) is 17.4 Å². The van der Waals surface area contributed by atoms with Gasteiger partial charge in [-0.1, -0.05) is 12.1 Å². The van der Waals surface area contributed by atoms with E-state index >= 15 is 0 Å². The average Bonchev–Trinajstić information content (AvgIpc) is 2.47. The standard InChI is InChI=1S/C16H19NO2/c1-11-15(18-3)10-9-14(16(11)19-4)12-5-7-13(17-2)8-6-12/h5-10,17H,1-4H3. The molecule has 0 unspecified atom stereocenters. The lowest BCUT2D eigenvalue weighted by molar-refractivity contribution is 0.390. The fourth-order valence-corrected chi connectivity index (χ4v) is 2.20. The molecule has 2 aromatic carbocycles. The van der Waals surface area contributed by atoms with Crippen LogP contribution in [0, 0.1) is 6.92 Å². The van der Waals surface area contributed by atoms with Crippen LogP contribution in [0.4, 0.5) is 5.69 Å². The van der Waals surface area contributed by atoms with Gasteiger partial charge in [-0.05, 0) is 36.8 Å². The zero-order valence-corrected chi connectivity index (χ0v) is 11.8. The highest BCUT2D eigenvalue weighted by Gasteiger charge is 2.12. The van der Waals surface area contributed by atoms with Crippen molar-refractivity contribution in [1.29, 1.82) is 0 Å². The molecule has 0 aromatic heterocycles. The predicted octanol–water partition coefficient (Wildman–Crippen LogP) is 3.72. The molecule has 0 fully saturated rings. The molecule has 0 amide bonds. The van der Waals surface area contributed by atoms with Gasteiger partial charge in [-0.2, -0.15) is 0 Å². The van der Waals surface area contributed by atoms with E-state index in [1.165, 1.54) is 0 Å². The van der Waals surface area contributed by atoms with E-state index < -0.39 is 0 Å². The molecule has 0 radical (unpaired) electrons. The molecular weight excluding hydrogens is 238 g/mol. The first-order chi connectivity index (χ1) is 9.21. The summed E-state index contributed by atoms with van der Waals surface area (Å²) in [7, 11) is 5.27. The SMILES string of the molecule is CNc1ccc(-c2ccc(OC)c(C)c2OC)cc1. The minimum absolute atomic E-state index is 0.840. The molecule has 3 nitrogen and oxygen atoms in total. The number of anilines is 1. The van der Waals surface area contributed by atoms with Gasteiger partial charge < -0.3 is 14.8 Å². The molecule has 0 heterocycles. The summed E-state index contributed by atoms with van der Waals surface area (Å²) in [6, 6.07) is 12.3. The van der Waals surface area contributed by atoms with Crippen molar-refractivity contribution < 1.29 is 9.47 Å². The second-order valence-corrected chi connectivity index (χ2v) is 4.30. The fourth-order valence-electron chi connectivity index (χ4n) is 2.20. The third-order valence-electron chi connectivity index (χ3n) is 3.26. The van der Waals surface area contributed by atoms with Crippen LogP contribution in [0.15, 0.2) is 36.4 Å². The number of hydrogen-bond donors (Lipinski definition) is 1. The second kappa shape index (κ2) is 5.65. The maximum atomic E-state index is 5.53. The van der Waals surface area contributed by atoms with Gasteiger partial charge in [0.25, 0.3) is 0 Å². The Morgan fingerprint density at radius 2 is 1.58 bits per heavy atom. The monoisotopic (exact) mass is 257 g/mol. The van der Waals surface area contributed by atoms with Gasteiger partial charge in [0.1, 0.15) is 11.5 Å². The maximum absolute atomic E-state index is 5.53. The van der Waals surface area contributed by atoms with Gasteiger partial charge in [0, 0.05) is 23.9 Å². The minimum Gasteiger partial charge on any atom is -0.496 e. The Bertz CT molecular complexity index is 562. The number of ether oxygens (including phenoxy) is 2. The molecule has 0 saturated heterocycles. The molecular formula is C16H19NO2. The summed E-state index contributed by atoms with van der Waals surface area (Å²) >= 11 is 0. The highest BCUT2D eigenvalue weighted by atomic mass is 16.5. The Morgan fingerprint density at radius 1 is 0.895 bits per heavy atom. The van der Waals surface area contributed by atoms with Crippen LogP contribution in [0.3, 0.4) is 0 Å². The summed E-state index contributed by atoms with van der Waals surface area (Å²) in [5.74, 6) is 1.70. The molecule has 3 heteroatoms. The summed E-state index contributed by atoms with van der Waals surface area (Å²) in [6.45, 7) is 2.00. The molecule has 0 atom stereocenters. The normalized spacial score (nSPS) is 10.1. The van der Waals surface area contributed by atoms with E-state index in [-0.39, 0.29) is 0 Å². The first kappa shape index (κ1) is 13.3. The molecule has 2 rings (SSSR count). The summed E-state index contributed by atoms with van der Waals surface area (Å²) in [4.78, 5) is 0. The molecule has 2 aromatic rings. The van der Waals surface area contributed by atoms with E-state index in [1.807, 2.05) is 38.2 Å². The van der Waals surface area contributed by atoms with E-state index in [0.717, 1.165) is 33.9 Å². The maximum Gasteiger partial charge on any atom is 0.133 e. The largest absolute Gasteiger partial charge is 0.496 e. The summed E-state index contributed by atoms with van der Waals surface area (Å²) in [5.41, 5.74) is 4.30. The second-order valence-electron chi connectivity index (χ2n) is 4.30. The average molecular weight is 257 g/mol. The smallest absolute Gasteiger partial charge is 0.133 e. The number of hydrogen-bond acceptors (Lipinski definition) is 3. The van der Waals surface area contributed by atoms with E-state index in [9.17, 15) is 0 Å². The van der Waals surface area contributed by atoms with Crippen LogP contribution >= 0.6 is 0 Å². The van der Waals surface area contributed by atoms with Crippen molar-refractivity contribution in [3.63, 3.8) is 0 Å². The molecule has 0 aliphatic carbocycles. The zero-order chi connectivity index (χ0) is 13.8. The quantitative estimate of drug-likeness (QED) is 0.905. The lowest BCUT2D eigenvalue weighted by atomic mass is 10.0. The Kier molecular flexibility index (Phi) is 3.95. The lowest BCUT2D eigenvalue weighted by Crippen LogP contribution is -1.95. The van der Waals surface area contributed by atoms with Crippen molar-refractivity contribution in [2.45, 2.75) is 6.92 Å². The third kappa shape index (κ3) is 2.50. The molecule has 19 heavy (non-hydrogen) atoms. The van der Waals surface area contributed by atoms with E-state index in [0.29, 0.717) is 0 Å². The van der Waals surface area contributed by atoms with Crippen LogP contribution in [-0.4, -0.2) is 21.3 Å². The summed E-state index contributed by atoms with van der Waals surface area (Å²) < 4.78 is 10.9. The molecule has 100 valence electrons. The Hall–Kier alpha value is -2.16. The topological polar surface area (TPSA) is 30.5 Å². The van der Waals surface area contributed by atoms with E-state index in [4.69, 9.17) is 9.47 Å². The number of rotatable bonds is 4. The van der Waals surface area contributed by atoms with Crippen LogP contribution in [0.2, 0.25) is 0 Å². The Morgan fingerprint density at radius 3 is 2.11 bits per heavy atom. The summed E-state index contributed by atoms with van der Waals surface area (Å²) in [6.07, 6.45) is 0. The first-order valence-corrected chi connectivity index (χ1v) is 6.21. The van der Waals surface area contributed by atoms with Gasteiger partial charge in [0.15, 0.2) is 0 Å². The van der Waals surface area contributed by atoms with Crippen LogP contribution in [0.25, 0.3) is 11.1 Å². The van der Waals surface area contributed by atoms with Crippen molar-refractivity contribution in [2.24, 2.45) is 0 Å². The highest BCUT2D eigenvalue weighted by molar-refractivity contribution is 5.75. The van der Waals surface area contributed by atoms with Crippen molar-refractivity contribution in [3.05, 3.63) is 42.0 Å². The van der Waals surface area contributed by atoms with Gasteiger partial charge in [0.2, 0.25) is 0 Å². The molecule has 0 aliphatic heterocycles. The molecule has 0 bridgehead atoms. The summed E-state index contributed by atoms with van der Waals surface area (Å²) in [5, 5.41) is 3.11. The van der Waals surface area contributed by atoms with Crippen LogP contribution in [0.5, 0.6) is 11.5 Å². The van der Waals surface area contributed by atoms with Crippen molar-refractivity contribution in [3.8, 4) is 22.6 Å². The third-order valence-corrected chi connectivity index (χ3v) is 3.26. The molecule has 0 saturated carbocycles. The van der Waals surface area contributed by atoms with Crippen LogP contribution < -0.4 is 14.8 Å². The molecule has 0 aliphatic rings. The number of methoxy groups -OCH3 is 2. The Balaban J connectivity index is 2.51. The minimum atomic E-state index is 0.840. The van der Waals surface area contributed by atoms with Gasteiger partial charge in [-0.15, -0.1) is 0 Å². The van der Waals surface area contributed by atoms with Gasteiger partial charge in [-0.25, -0.2) is 0 Å². The van der Waals surface area contributed by atoms with Crippen molar-refractivity contribution in [1.82, 2.24) is 0 Å². The van der Waals surface area contributed by atoms with Gasteiger partial charge >= 0.3 is 0 Å². The fraction of sp³-hybridized carbons (Fsp3) is 0.250. The van der Waals surface area contributed by atoms with Crippen molar-refractivity contribution in [2.75, 3.05) is 26.6 Å². The highest BCUT2D eigenvalue weighted by Crippen LogP contribution is 2.37. The number of benzene rings is 2. The van der Waals surface area contributed by atoms with Crippen LogP contribution in [0.1, 0.15) is 5.56 Å². The van der Waals surface area contributed by atoms with Gasteiger partial charge in [-0.3, -0.25) is 0 Å². The van der Waals surface area contributed by atoms with Crippen LogP contribution in [-0.2, 0) is 0 Å². The van der Waals surface area contributed by atoms with Gasteiger partial charge in [0.05, 0.1) is 14.2 Å². The zero-order valence-electron chi connectivity index (χ0n) is 11.8. The van der Waals surface area contributed by atoms with E-state index in [1.54, 1.807) is 14.2 Å². The molecule has 1 N–H and O–H groups in total. The number of nitrogens with one attached hydrogen (secondary N) is 1. The Labute approximate surface area is 114 Å². The lowest BCUT2D eigenvalue weighted by Gasteiger charge is -2.15.